The number of hydrogen-bond acceptors (Lipinski definition) is 6. The zero-order chi connectivity index (χ0) is 8.15. The Morgan fingerprint density at radius 2 is 2.09 bits per heavy atom. The molecule has 0 aromatic rings. The highest BCUT2D eigenvalue weighted by Gasteiger charge is 2.14. The predicted octanol–water partition coefficient (Wildman–Crippen LogP) is -0.505. The summed E-state index contributed by atoms with van der Waals surface area (Å²) in [7, 11) is 0. The van der Waals surface area contributed by atoms with E-state index in [1.165, 1.54) is 0 Å². The van der Waals surface area contributed by atoms with Gasteiger partial charge in [0.25, 0.3) is 0 Å². The predicted molar refractivity (Wildman–Crippen MR) is 43.6 cm³/mol. The topological polar surface area (TPSA) is 104 Å². The average Bonchev–Trinajstić information content (AvgIpc) is 1.85. The maximum atomic E-state index is 10.6. The number of carbonyl (C=O) groups is 2. The van der Waals surface area contributed by atoms with Crippen molar-refractivity contribution < 1.29 is 14.3 Å². The van der Waals surface area contributed by atoms with Gasteiger partial charge in [-0.3, -0.25) is 4.79 Å². The van der Waals surface area contributed by atoms with Crippen molar-refractivity contribution in [2.24, 2.45) is 5.73 Å². The molecular weight excluding hydrogens is 168 g/mol. The summed E-state index contributed by atoms with van der Waals surface area (Å²) < 4.78 is 4.15. The molecule has 0 aromatic heterocycles. The maximum Gasteiger partial charge on any atom is 0.331 e. The van der Waals surface area contributed by atoms with Gasteiger partial charge in [0.2, 0.25) is 0 Å². The second-order valence-corrected chi connectivity index (χ2v) is 2.07. The lowest BCUT2D eigenvalue weighted by Gasteiger charge is -2.04. The van der Waals surface area contributed by atoms with E-state index in [1.807, 2.05) is 0 Å². The molecular formula is C5H12N2O3S. The Hall–Kier alpha value is -0.590. The van der Waals surface area contributed by atoms with Crippen molar-refractivity contribution in [3.05, 3.63) is 0 Å². The third-order valence-electron chi connectivity index (χ3n) is 0.744. The van der Waals surface area contributed by atoms with Gasteiger partial charge in [0.1, 0.15) is 6.04 Å². The van der Waals surface area contributed by atoms with E-state index in [4.69, 9.17) is 5.73 Å². The van der Waals surface area contributed by atoms with Gasteiger partial charge in [-0.15, -0.1) is 0 Å². The fourth-order valence-corrected chi connectivity index (χ4v) is 0.441. The van der Waals surface area contributed by atoms with E-state index >= 15 is 0 Å². The quantitative estimate of drug-likeness (QED) is 0.302. The van der Waals surface area contributed by atoms with Crippen LogP contribution in [0.1, 0.15) is 6.92 Å². The number of thiol groups is 1. The molecule has 5 N–H and O–H groups in total. The van der Waals surface area contributed by atoms with E-state index in [2.05, 4.69) is 17.4 Å². The number of carbonyl (C=O) groups excluding carboxylic acids is 2. The van der Waals surface area contributed by atoms with Crippen LogP contribution in [0.3, 0.4) is 0 Å². The lowest BCUT2D eigenvalue weighted by Crippen LogP contribution is -2.34. The van der Waals surface area contributed by atoms with Gasteiger partial charge in [0.05, 0.1) is 0 Å². The average molecular weight is 180 g/mol. The van der Waals surface area contributed by atoms with Gasteiger partial charge in [-0.1, -0.05) is 0 Å². The van der Waals surface area contributed by atoms with E-state index in [0.717, 1.165) is 6.92 Å². The van der Waals surface area contributed by atoms with Gasteiger partial charge in [0.15, 0.2) is 0 Å². The summed E-state index contributed by atoms with van der Waals surface area (Å²) >= 11 is 3.74. The molecule has 11 heavy (non-hydrogen) atoms. The van der Waals surface area contributed by atoms with Crippen molar-refractivity contribution in [2.45, 2.75) is 13.0 Å². The Morgan fingerprint density at radius 3 is 2.36 bits per heavy atom. The molecule has 0 spiro atoms. The number of hydrogen-bond donors (Lipinski definition) is 3. The van der Waals surface area contributed by atoms with Crippen molar-refractivity contribution in [1.29, 1.82) is 0 Å². The first kappa shape index (κ1) is 13.0. The first-order valence-corrected chi connectivity index (χ1v) is 3.30. The van der Waals surface area contributed by atoms with Crippen LogP contribution < -0.4 is 11.9 Å². The minimum Gasteiger partial charge on any atom is -0.392 e. The van der Waals surface area contributed by atoms with Crippen LogP contribution in [0.2, 0.25) is 0 Å². The Kier molecular flexibility index (Phi) is 7.28. The SMILES string of the molecule is CC(=O)OC(=O)[C@@H](N)CS.N. The molecule has 66 valence electrons. The lowest BCUT2D eigenvalue weighted by atomic mass is 10.4. The number of rotatable bonds is 2. The molecule has 0 aliphatic heterocycles. The van der Waals surface area contributed by atoms with Gasteiger partial charge >= 0.3 is 11.9 Å². The molecule has 6 heteroatoms. The largest absolute Gasteiger partial charge is 0.392 e. The van der Waals surface area contributed by atoms with Crippen molar-refractivity contribution in [3.8, 4) is 0 Å². The van der Waals surface area contributed by atoms with E-state index in [-0.39, 0.29) is 11.9 Å². The first-order chi connectivity index (χ1) is 4.57. The minimum atomic E-state index is -0.813. The first-order valence-electron chi connectivity index (χ1n) is 2.66. The summed E-state index contributed by atoms with van der Waals surface area (Å²) in [6.45, 7) is 1.14. The standard InChI is InChI=1S/C5H9NO3S.H3N/c1-3(7)9-5(8)4(6)2-10;/h4,10H,2,6H2,1H3;1H3/t4-;/m0./s1. The molecule has 0 fully saturated rings. The summed E-state index contributed by atoms with van der Waals surface area (Å²) in [5, 5.41) is 0. The van der Waals surface area contributed by atoms with E-state index in [1.54, 1.807) is 0 Å². The van der Waals surface area contributed by atoms with Crippen molar-refractivity contribution >= 4 is 24.6 Å². The van der Waals surface area contributed by atoms with E-state index in [9.17, 15) is 9.59 Å². The highest BCUT2D eigenvalue weighted by atomic mass is 32.1. The molecule has 0 bridgehead atoms. The van der Waals surface area contributed by atoms with Crippen molar-refractivity contribution in [1.82, 2.24) is 6.15 Å². The van der Waals surface area contributed by atoms with Crippen LogP contribution in [0.4, 0.5) is 0 Å². The van der Waals surface area contributed by atoms with Crippen LogP contribution in [0.5, 0.6) is 0 Å². The molecule has 0 saturated carbocycles. The molecule has 0 heterocycles. The number of nitrogens with two attached hydrogens (primary N) is 1. The Bertz CT molecular complexity index is 151. The number of ether oxygens (including phenoxy) is 1. The Morgan fingerprint density at radius 1 is 1.64 bits per heavy atom. The molecule has 5 nitrogen and oxygen atoms in total. The van der Waals surface area contributed by atoms with Crippen LogP contribution in [0.25, 0.3) is 0 Å². The van der Waals surface area contributed by atoms with Crippen LogP contribution in [-0.2, 0) is 14.3 Å². The molecule has 0 aromatic carbocycles. The molecule has 0 unspecified atom stereocenters. The molecule has 0 saturated heterocycles. The van der Waals surface area contributed by atoms with Gasteiger partial charge in [0, 0.05) is 12.7 Å². The second-order valence-electron chi connectivity index (χ2n) is 1.70. The molecule has 0 amide bonds. The van der Waals surface area contributed by atoms with Crippen LogP contribution in [0.15, 0.2) is 0 Å². The number of esters is 2. The normalized spacial score (nSPS) is 11.2. The Labute approximate surface area is 70.3 Å². The highest BCUT2D eigenvalue weighted by Crippen LogP contribution is 1.88. The molecule has 0 rings (SSSR count). The van der Waals surface area contributed by atoms with Crippen molar-refractivity contribution in [2.75, 3.05) is 5.75 Å². The van der Waals surface area contributed by atoms with Gasteiger partial charge in [-0.25, -0.2) is 4.79 Å². The summed E-state index contributed by atoms with van der Waals surface area (Å²) in [5.74, 6) is -1.21. The fourth-order valence-electron chi connectivity index (χ4n) is 0.292. The van der Waals surface area contributed by atoms with Crippen LogP contribution >= 0.6 is 12.6 Å². The molecule has 1 atom stereocenters. The maximum absolute atomic E-state index is 10.6. The molecule has 0 radical (unpaired) electrons. The van der Waals surface area contributed by atoms with E-state index < -0.39 is 18.0 Å². The minimum absolute atomic E-state index is 0. The summed E-state index contributed by atoms with van der Waals surface area (Å²) in [5.41, 5.74) is 5.16. The molecule has 0 aliphatic carbocycles. The second kappa shape index (κ2) is 6.14. The monoisotopic (exact) mass is 180 g/mol. The van der Waals surface area contributed by atoms with Crippen LogP contribution in [0, 0.1) is 0 Å². The fraction of sp³-hybridized carbons (Fsp3) is 0.600. The zero-order valence-electron chi connectivity index (χ0n) is 6.24. The summed E-state index contributed by atoms with van der Waals surface area (Å²) in [6, 6.07) is -0.813. The summed E-state index contributed by atoms with van der Waals surface area (Å²) in [4.78, 5) is 20.7. The molecule has 0 aliphatic rings. The third kappa shape index (κ3) is 5.84. The highest BCUT2D eigenvalue weighted by molar-refractivity contribution is 7.80. The van der Waals surface area contributed by atoms with E-state index in [0.29, 0.717) is 0 Å². The summed E-state index contributed by atoms with van der Waals surface area (Å²) in [6.07, 6.45) is 0. The zero-order valence-corrected chi connectivity index (χ0v) is 7.14. The smallest absolute Gasteiger partial charge is 0.331 e. The van der Waals surface area contributed by atoms with Crippen LogP contribution in [-0.4, -0.2) is 23.7 Å². The van der Waals surface area contributed by atoms with Gasteiger partial charge in [-0.2, -0.15) is 12.6 Å². The Balaban J connectivity index is 0. The van der Waals surface area contributed by atoms with Gasteiger partial charge in [-0.05, 0) is 0 Å². The van der Waals surface area contributed by atoms with Crippen molar-refractivity contribution in [3.63, 3.8) is 0 Å². The van der Waals surface area contributed by atoms with Gasteiger partial charge < -0.3 is 16.6 Å². The third-order valence-corrected chi connectivity index (χ3v) is 1.14. The lowest BCUT2D eigenvalue weighted by molar-refractivity contribution is -0.158.